The largest absolute Gasteiger partial charge is 0.310 e. The average molecular weight is 317 g/mol. The maximum atomic E-state index is 5.96. The van der Waals surface area contributed by atoms with E-state index in [4.69, 9.17) is 11.6 Å². The number of nitrogens with one attached hydrogen (secondary N) is 1. The van der Waals surface area contributed by atoms with E-state index in [2.05, 4.69) is 47.7 Å². The molecule has 0 aliphatic heterocycles. The molecule has 1 rings (SSSR count). The van der Waals surface area contributed by atoms with Crippen molar-refractivity contribution < 1.29 is 0 Å². The Bertz CT molecular complexity index is 390. The van der Waals surface area contributed by atoms with E-state index < -0.39 is 0 Å². The number of allylic oxidation sites excluding steroid dienone is 1. The number of halogens is 2. The lowest BCUT2D eigenvalue weighted by molar-refractivity contribution is 0.513. The molecule has 1 unspecified atom stereocenters. The van der Waals surface area contributed by atoms with Crippen LogP contribution in [0.5, 0.6) is 0 Å². The Balaban J connectivity index is 2.84. The Morgan fingerprint density at radius 1 is 1.53 bits per heavy atom. The van der Waals surface area contributed by atoms with Crippen molar-refractivity contribution in [3.8, 4) is 0 Å². The van der Waals surface area contributed by atoms with Crippen molar-refractivity contribution in [2.24, 2.45) is 0 Å². The average Bonchev–Trinajstić information content (AvgIpc) is 2.24. The first-order chi connectivity index (χ1) is 8.04. The third-order valence-electron chi connectivity index (χ3n) is 2.65. The molecule has 3 heteroatoms. The molecule has 0 amide bonds. The van der Waals surface area contributed by atoms with Crippen molar-refractivity contribution in [2.75, 3.05) is 6.54 Å². The molecule has 0 fully saturated rings. The van der Waals surface area contributed by atoms with Gasteiger partial charge in [-0.1, -0.05) is 46.1 Å². The lowest BCUT2D eigenvalue weighted by atomic mass is 10.00. The minimum Gasteiger partial charge on any atom is -0.310 e. The highest BCUT2D eigenvalue weighted by Crippen LogP contribution is 2.29. The first-order valence-electron chi connectivity index (χ1n) is 5.87. The zero-order valence-electron chi connectivity index (χ0n) is 10.4. The van der Waals surface area contributed by atoms with Gasteiger partial charge in [-0.3, -0.25) is 0 Å². The van der Waals surface area contributed by atoms with Crippen LogP contribution < -0.4 is 5.32 Å². The van der Waals surface area contributed by atoms with Crippen molar-refractivity contribution in [3.05, 3.63) is 45.4 Å². The molecule has 1 atom stereocenters. The summed E-state index contributed by atoms with van der Waals surface area (Å²) in [5.41, 5.74) is 2.48. The van der Waals surface area contributed by atoms with Gasteiger partial charge in [-0.25, -0.2) is 0 Å². The van der Waals surface area contributed by atoms with E-state index in [9.17, 15) is 0 Å². The van der Waals surface area contributed by atoms with Gasteiger partial charge in [-0.15, -0.1) is 6.58 Å². The molecule has 0 aliphatic carbocycles. The summed E-state index contributed by atoms with van der Waals surface area (Å²) in [4.78, 5) is 0. The normalized spacial score (nSPS) is 12.5. The lowest BCUT2D eigenvalue weighted by Crippen LogP contribution is -2.21. The zero-order chi connectivity index (χ0) is 12.8. The Labute approximate surface area is 117 Å². The van der Waals surface area contributed by atoms with Crippen LogP contribution >= 0.6 is 27.5 Å². The second-order valence-electron chi connectivity index (χ2n) is 4.27. The highest BCUT2D eigenvalue weighted by molar-refractivity contribution is 9.10. The Kier molecular flexibility index (Phi) is 6.24. The van der Waals surface area contributed by atoms with Crippen LogP contribution in [-0.4, -0.2) is 6.54 Å². The van der Waals surface area contributed by atoms with E-state index in [1.807, 2.05) is 12.1 Å². The van der Waals surface area contributed by atoms with Crippen LogP contribution in [-0.2, 0) is 0 Å². The van der Waals surface area contributed by atoms with Crippen LogP contribution in [0.1, 0.15) is 38.3 Å². The van der Waals surface area contributed by atoms with E-state index in [0.29, 0.717) is 6.04 Å². The molecule has 0 aromatic heterocycles. The predicted octanol–water partition coefficient (Wildman–Crippen LogP) is 5.11. The second kappa shape index (κ2) is 7.20. The summed E-state index contributed by atoms with van der Waals surface area (Å²) in [5, 5.41) is 4.26. The summed E-state index contributed by atoms with van der Waals surface area (Å²) in [6.07, 6.45) is 2.09. The van der Waals surface area contributed by atoms with Gasteiger partial charge in [0.1, 0.15) is 0 Å². The van der Waals surface area contributed by atoms with Crippen LogP contribution in [0, 0.1) is 0 Å². The van der Waals surface area contributed by atoms with Gasteiger partial charge in [0, 0.05) is 15.5 Å². The topological polar surface area (TPSA) is 12.0 Å². The molecule has 0 saturated heterocycles. The molecule has 1 aromatic rings. The zero-order valence-corrected chi connectivity index (χ0v) is 12.7. The molecule has 1 N–H and O–H groups in total. The fourth-order valence-electron chi connectivity index (χ4n) is 1.79. The maximum Gasteiger partial charge on any atom is 0.0417 e. The van der Waals surface area contributed by atoms with Crippen molar-refractivity contribution in [3.63, 3.8) is 0 Å². The Hall–Kier alpha value is -0.310. The fraction of sp³-hybridized carbons (Fsp3) is 0.429. The number of benzene rings is 1. The summed E-state index contributed by atoms with van der Waals surface area (Å²) in [5.74, 6) is 0. The number of rotatable bonds is 6. The van der Waals surface area contributed by atoms with Gasteiger partial charge >= 0.3 is 0 Å². The van der Waals surface area contributed by atoms with E-state index >= 15 is 0 Å². The Morgan fingerprint density at radius 2 is 2.24 bits per heavy atom. The van der Waals surface area contributed by atoms with Gasteiger partial charge in [0.05, 0.1) is 0 Å². The number of hydrogen-bond acceptors (Lipinski definition) is 1. The maximum absolute atomic E-state index is 5.96. The molecular weight excluding hydrogens is 298 g/mol. The van der Waals surface area contributed by atoms with Crippen LogP contribution in [0.4, 0.5) is 0 Å². The predicted molar refractivity (Wildman–Crippen MR) is 79.6 cm³/mol. The summed E-state index contributed by atoms with van der Waals surface area (Å²) < 4.78 is 1.07. The van der Waals surface area contributed by atoms with Gasteiger partial charge in [0.15, 0.2) is 0 Å². The van der Waals surface area contributed by atoms with Crippen molar-refractivity contribution in [1.29, 1.82) is 0 Å². The van der Waals surface area contributed by atoms with Crippen LogP contribution in [0.3, 0.4) is 0 Å². The van der Waals surface area contributed by atoms with Crippen molar-refractivity contribution in [1.82, 2.24) is 5.32 Å². The molecule has 0 radical (unpaired) electrons. The molecule has 0 spiro atoms. The third-order valence-corrected chi connectivity index (χ3v) is 3.57. The molecule has 1 nitrogen and oxygen atoms in total. The quantitative estimate of drug-likeness (QED) is 0.719. The Morgan fingerprint density at radius 3 is 2.76 bits per heavy atom. The van der Waals surface area contributed by atoms with Gasteiger partial charge in [0.2, 0.25) is 0 Å². The summed E-state index contributed by atoms with van der Waals surface area (Å²) >= 11 is 9.54. The summed E-state index contributed by atoms with van der Waals surface area (Å²) in [7, 11) is 0. The molecule has 17 heavy (non-hydrogen) atoms. The highest BCUT2D eigenvalue weighted by atomic mass is 79.9. The molecule has 0 bridgehead atoms. The monoisotopic (exact) mass is 315 g/mol. The SMILES string of the molecule is C=C(C)CCC(NCC)c1ccc(Cl)cc1Br. The highest BCUT2D eigenvalue weighted by Gasteiger charge is 2.13. The first-order valence-corrected chi connectivity index (χ1v) is 7.04. The van der Waals surface area contributed by atoms with Gasteiger partial charge in [-0.05, 0) is 44.0 Å². The fourth-order valence-corrected chi connectivity index (χ4v) is 2.75. The minimum atomic E-state index is 0.350. The van der Waals surface area contributed by atoms with Gasteiger partial charge in [0.25, 0.3) is 0 Å². The number of hydrogen-bond donors (Lipinski definition) is 1. The van der Waals surface area contributed by atoms with Crippen LogP contribution in [0.2, 0.25) is 5.02 Å². The second-order valence-corrected chi connectivity index (χ2v) is 5.56. The van der Waals surface area contributed by atoms with E-state index in [-0.39, 0.29) is 0 Å². The first kappa shape index (κ1) is 14.7. The summed E-state index contributed by atoms with van der Waals surface area (Å²) in [6.45, 7) is 9.10. The molecule has 0 aliphatic rings. The van der Waals surface area contributed by atoms with E-state index in [1.165, 1.54) is 11.1 Å². The molecule has 1 aromatic carbocycles. The van der Waals surface area contributed by atoms with E-state index in [1.54, 1.807) is 0 Å². The smallest absolute Gasteiger partial charge is 0.0417 e. The van der Waals surface area contributed by atoms with Gasteiger partial charge < -0.3 is 5.32 Å². The molecular formula is C14H19BrClN. The third kappa shape index (κ3) is 4.82. The minimum absolute atomic E-state index is 0.350. The lowest BCUT2D eigenvalue weighted by Gasteiger charge is -2.20. The molecule has 0 saturated carbocycles. The van der Waals surface area contributed by atoms with Crippen LogP contribution in [0.15, 0.2) is 34.8 Å². The van der Waals surface area contributed by atoms with Crippen LogP contribution in [0.25, 0.3) is 0 Å². The standard InChI is InChI=1S/C14H19BrClN/c1-4-17-14(8-5-10(2)3)12-7-6-11(16)9-13(12)15/h6-7,9,14,17H,2,4-5,8H2,1,3H3. The van der Waals surface area contributed by atoms with Crippen molar-refractivity contribution >= 4 is 27.5 Å². The molecule has 0 heterocycles. The van der Waals surface area contributed by atoms with Crippen molar-refractivity contribution in [2.45, 2.75) is 32.7 Å². The van der Waals surface area contributed by atoms with Gasteiger partial charge in [-0.2, -0.15) is 0 Å². The summed E-state index contributed by atoms with van der Waals surface area (Å²) in [6, 6.07) is 6.32. The molecule has 94 valence electrons. The van der Waals surface area contributed by atoms with E-state index in [0.717, 1.165) is 28.9 Å².